The first-order valence-electron chi connectivity index (χ1n) is 8.62. The molecule has 3 heterocycles. The predicted molar refractivity (Wildman–Crippen MR) is 88.3 cm³/mol. The Labute approximate surface area is 136 Å². The minimum atomic E-state index is 0.147. The van der Waals surface area contributed by atoms with E-state index in [0.717, 1.165) is 62.0 Å². The zero-order valence-corrected chi connectivity index (χ0v) is 13.3. The normalized spacial score (nSPS) is 23.3. The van der Waals surface area contributed by atoms with E-state index in [2.05, 4.69) is 10.2 Å². The Morgan fingerprint density at radius 3 is 2.96 bits per heavy atom. The van der Waals surface area contributed by atoms with E-state index in [1.807, 2.05) is 23.1 Å². The number of piperidine rings is 1. The van der Waals surface area contributed by atoms with E-state index in [-0.39, 0.29) is 5.91 Å². The Kier molecular flexibility index (Phi) is 4.04. The lowest BCUT2D eigenvalue weighted by Crippen LogP contribution is -2.43. The first-order chi connectivity index (χ1) is 11.3. The zero-order valence-electron chi connectivity index (χ0n) is 13.3. The highest BCUT2D eigenvalue weighted by molar-refractivity contribution is 6.06. The number of H-pyrrole nitrogens is 1. The van der Waals surface area contributed by atoms with Gasteiger partial charge in [0.1, 0.15) is 0 Å². The molecule has 4 rings (SSSR count). The highest BCUT2D eigenvalue weighted by Crippen LogP contribution is 2.31. The fraction of sp³-hybridized carbons (Fsp3) is 0.556. The maximum Gasteiger partial charge on any atom is 0.254 e. The molecule has 1 amide bonds. The lowest BCUT2D eigenvalue weighted by molar-refractivity contribution is 0.0253. The second kappa shape index (κ2) is 6.32. The Bertz CT molecular complexity index is 690. The molecule has 1 N–H and O–H groups in total. The number of amides is 1. The van der Waals surface area contributed by atoms with Crippen molar-refractivity contribution in [1.29, 1.82) is 0 Å². The number of nitrogens with one attached hydrogen (secondary N) is 1. The van der Waals surface area contributed by atoms with Crippen LogP contribution in [-0.4, -0.2) is 47.3 Å². The van der Waals surface area contributed by atoms with Crippen molar-refractivity contribution in [3.05, 3.63) is 30.0 Å². The van der Waals surface area contributed by atoms with Gasteiger partial charge < -0.3 is 9.64 Å². The molecule has 122 valence electrons. The van der Waals surface area contributed by atoms with E-state index >= 15 is 0 Å². The molecule has 23 heavy (non-hydrogen) atoms. The average Bonchev–Trinajstić information content (AvgIpc) is 3.11. The Balaban J connectivity index is 1.52. The Morgan fingerprint density at radius 1 is 1.22 bits per heavy atom. The van der Waals surface area contributed by atoms with Crippen molar-refractivity contribution >= 4 is 16.8 Å². The van der Waals surface area contributed by atoms with Gasteiger partial charge in [-0.15, -0.1) is 0 Å². The van der Waals surface area contributed by atoms with Crippen molar-refractivity contribution in [1.82, 2.24) is 15.1 Å². The third kappa shape index (κ3) is 2.85. The van der Waals surface area contributed by atoms with Gasteiger partial charge in [-0.2, -0.15) is 5.10 Å². The summed E-state index contributed by atoms with van der Waals surface area (Å²) in [6, 6.07) is 5.80. The first-order valence-corrected chi connectivity index (χ1v) is 8.62. The van der Waals surface area contributed by atoms with Crippen LogP contribution in [0, 0.1) is 11.8 Å². The molecule has 2 saturated heterocycles. The molecule has 2 aliphatic rings. The van der Waals surface area contributed by atoms with Gasteiger partial charge in [-0.1, -0.05) is 6.07 Å². The van der Waals surface area contributed by atoms with Crippen LogP contribution in [0.5, 0.6) is 0 Å². The predicted octanol–water partition coefficient (Wildman–Crippen LogP) is 2.84. The number of aromatic amines is 1. The van der Waals surface area contributed by atoms with E-state index in [9.17, 15) is 4.79 Å². The lowest BCUT2D eigenvalue weighted by atomic mass is 9.81. The molecule has 0 aliphatic carbocycles. The van der Waals surface area contributed by atoms with E-state index < -0.39 is 0 Å². The molecule has 1 atom stereocenters. The van der Waals surface area contributed by atoms with Gasteiger partial charge in [0.2, 0.25) is 0 Å². The fourth-order valence-electron chi connectivity index (χ4n) is 4.09. The lowest BCUT2D eigenvalue weighted by Gasteiger charge is -2.38. The summed E-state index contributed by atoms with van der Waals surface area (Å²) in [6.45, 7) is 3.51. The number of carbonyl (C=O) groups is 1. The van der Waals surface area contributed by atoms with E-state index in [0.29, 0.717) is 11.8 Å². The highest BCUT2D eigenvalue weighted by Gasteiger charge is 2.31. The van der Waals surface area contributed by atoms with Gasteiger partial charge in [0, 0.05) is 31.7 Å². The summed E-state index contributed by atoms with van der Waals surface area (Å²) in [5.74, 6) is 1.48. The highest BCUT2D eigenvalue weighted by atomic mass is 16.5. The van der Waals surface area contributed by atoms with Gasteiger partial charge in [0.05, 0.1) is 17.3 Å². The van der Waals surface area contributed by atoms with Gasteiger partial charge in [0.15, 0.2) is 0 Å². The SMILES string of the molecule is O=C(c1cccc2[nH]ncc12)N1CCCC(C2CCOCC2)C1. The number of aromatic nitrogens is 2. The van der Waals surface area contributed by atoms with Crippen LogP contribution in [0.2, 0.25) is 0 Å². The summed E-state index contributed by atoms with van der Waals surface area (Å²) >= 11 is 0. The number of likely N-dealkylation sites (tertiary alicyclic amines) is 1. The van der Waals surface area contributed by atoms with Gasteiger partial charge >= 0.3 is 0 Å². The molecular formula is C18H23N3O2. The number of hydrogen-bond acceptors (Lipinski definition) is 3. The third-order valence-corrected chi connectivity index (χ3v) is 5.39. The summed E-state index contributed by atoms with van der Waals surface area (Å²) < 4.78 is 5.48. The quantitative estimate of drug-likeness (QED) is 0.927. The van der Waals surface area contributed by atoms with Crippen LogP contribution in [0.4, 0.5) is 0 Å². The van der Waals surface area contributed by atoms with Gasteiger partial charge in [-0.05, 0) is 49.7 Å². The minimum Gasteiger partial charge on any atom is -0.381 e. The zero-order chi connectivity index (χ0) is 15.6. The van der Waals surface area contributed by atoms with E-state index in [4.69, 9.17) is 4.74 Å². The number of hydrogen-bond donors (Lipinski definition) is 1. The number of benzene rings is 1. The largest absolute Gasteiger partial charge is 0.381 e. The average molecular weight is 313 g/mol. The molecule has 2 fully saturated rings. The number of carbonyl (C=O) groups excluding carboxylic acids is 1. The molecule has 5 nitrogen and oxygen atoms in total. The third-order valence-electron chi connectivity index (χ3n) is 5.39. The molecule has 1 unspecified atom stereocenters. The second-order valence-electron chi connectivity index (χ2n) is 6.74. The second-order valence-corrected chi connectivity index (χ2v) is 6.74. The van der Waals surface area contributed by atoms with Gasteiger partial charge in [0.25, 0.3) is 5.91 Å². The van der Waals surface area contributed by atoms with Crippen LogP contribution >= 0.6 is 0 Å². The summed E-state index contributed by atoms with van der Waals surface area (Å²) in [6.07, 6.45) is 6.38. The molecule has 0 saturated carbocycles. The van der Waals surface area contributed by atoms with E-state index in [1.54, 1.807) is 6.20 Å². The van der Waals surface area contributed by atoms with Gasteiger partial charge in [-0.3, -0.25) is 9.89 Å². The number of rotatable bonds is 2. The summed E-state index contributed by atoms with van der Waals surface area (Å²) in [7, 11) is 0. The van der Waals surface area contributed by atoms with Crippen LogP contribution < -0.4 is 0 Å². The monoisotopic (exact) mass is 313 g/mol. The Hall–Kier alpha value is -1.88. The number of fused-ring (bicyclic) bond motifs is 1. The first kappa shape index (κ1) is 14.7. The molecule has 1 aromatic carbocycles. The molecule has 1 aromatic heterocycles. The van der Waals surface area contributed by atoms with Crippen LogP contribution in [0.15, 0.2) is 24.4 Å². The molecule has 2 aliphatic heterocycles. The molecule has 0 radical (unpaired) electrons. The molecule has 2 aromatic rings. The van der Waals surface area contributed by atoms with Crippen molar-refractivity contribution in [2.75, 3.05) is 26.3 Å². The van der Waals surface area contributed by atoms with Crippen molar-refractivity contribution in [3.8, 4) is 0 Å². The Morgan fingerprint density at radius 2 is 2.09 bits per heavy atom. The molecular weight excluding hydrogens is 290 g/mol. The maximum atomic E-state index is 13.0. The van der Waals surface area contributed by atoms with E-state index in [1.165, 1.54) is 6.42 Å². The van der Waals surface area contributed by atoms with Crippen LogP contribution in [0.3, 0.4) is 0 Å². The van der Waals surface area contributed by atoms with Gasteiger partial charge in [-0.25, -0.2) is 0 Å². The molecule has 0 bridgehead atoms. The number of nitrogens with zero attached hydrogens (tertiary/aromatic N) is 2. The smallest absolute Gasteiger partial charge is 0.254 e. The van der Waals surface area contributed by atoms with Crippen molar-refractivity contribution in [2.24, 2.45) is 11.8 Å². The summed E-state index contributed by atoms with van der Waals surface area (Å²) in [4.78, 5) is 15.0. The van der Waals surface area contributed by atoms with Crippen LogP contribution in [0.1, 0.15) is 36.0 Å². The van der Waals surface area contributed by atoms with Crippen molar-refractivity contribution in [3.63, 3.8) is 0 Å². The molecule has 5 heteroatoms. The number of ether oxygens (including phenoxy) is 1. The van der Waals surface area contributed by atoms with Crippen LogP contribution in [0.25, 0.3) is 10.9 Å². The summed E-state index contributed by atoms with van der Waals surface area (Å²) in [5, 5.41) is 7.93. The summed E-state index contributed by atoms with van der Waals surface area (Å²) in [5.41, 5.74) is 1.69. The topological polar surface area (TPSA) is 58.2 Å². The minimum absolute atomic E-state index is 0.147. The molecule has 0 spiro atoms. The van der Waals surface area contributed by atoms with Crippen molar-refractivity contribution in [2.45, 2.75) is 25.7 Å². The van der Waals surface area contributed by atoms with Crippen molar-refractivity contribution < 1.29 is 9.53 Å². The standard InChI is InChI=1S/C18H23N3O2/c22-18(15-4-1-5-17-16(15)11-19-20-17)21-8-2-3-14(12-21)13-6-9-23-10-7-13/h1,4-5,11,13-14H,2-3,6-10,12H2,(H,19,20). The maximum absolute atomic E-state index is 13.0. The van der Waals surface area contributed by atoms with Crippen LogP contribution in [-0.2, 0) is 4.74 Å². The fourth-order valence-corrected chi connectivity index (χ4v) is 4.09.